The molecule has 72 heavy (non-hydrogen) atoms. The molecule has 1 fully saturated rings. The van der Waals surface area contributed by atoms with Gasteiger partial charge in [0.05, 0.1) is 36.9 Å². The second kappa shape index (κ2) is 37.3. The summed E-state index contributed by atoms with van der Waals surface area (Å²) in [5.74, 6) is -5.78. The van der Waals surface area contributed by atoms with E-state index in [1.54, 1.807) is 6.08 Å². The third-order valence-electron chi connectivity index (χ3n) is 12.7. The van der Waals surface area contributed by atoms with E-state index < -0.39 is 120 Å². The van der Waals surface area contributed by atoms with Gasteiger partial charge >= 0.3 is 27.6 Å². The highest BCUT2D eigenvalue weighted by molar-refractivity contribution is 7.47. The lowest BCUT2D eigenvalue weighted by molar-refractivity contribution is -0.165. The molecule has 0 aromatic carbocycles. The Bertz CT molecular complexity index is 1730. The molecule has 416 valence electrons. The number of ketones is 1. The monoisotopic (exact) mass is 1070 g/mol. The zero-order valence-electron chi connectivity index (χ0n) is 42.6. The molecule has 1 saturated carbocycles. The van der Waals surface area contributed by atoms with Gasteiger partial charge in [-0.05, 0) is 64.2 Å². The number of ether oxygens (including phenoxy) is 2. The summed E-state index contributed by atoms with van der Waals surface area (Å²) in [6, 6.07) is 0. The Labute approximate surface area is 427 Å². The summed E-state index contributed by atoms with van der Waals surface area (Å²) in [4.78, 5) is 70.6. The number of esters is 2. The third-order valence-corrected chi connectivity index (χ3v) is 14.3. The van der Waals surface area contributed by atoms with Crippen LogP contribution in [0.15, 0.2) is 48.6 Å². The quantitative estimate of drug-likeness (QED) is 0.0159. The molecule has 0 saturated heterocycles. The van der Waals surface area contributed by atoms with Crippen LogP contribution in [0.2, 0.25) is 0 Å². The van der Waals surface area contributed by atoms with Crippen molar-refractivity contribution in [2.75, 3.05) is 13.2 Å². The van der Waals surface area contributed by atoms with Crippen LogP contribution in [0, 0.1) is 11.8 Å². The third kappa shape index (κ3) is 28.4. The topological polar surface area (TPSA) is 314 Å². The van der Waals surface area contributed by atoms with Gasteiger partial charge in [0.25, 0.3) is 0 Å². The van der Waals surface area contributed by atoms with Crippen molar-refractivity contribution < 1.29 is 91.9 Å². The maximum absolute atomic E-state index is 13.9. The van der Waals surface area contributed by atoms with Gasteiger partial charge in [-0.1, -0.05) is 140 Å². The van der Waals surface area contributed by atoms with Crippen molar-refractivity contribution in [2.45, 2.75) is 229 Å². The number of carbonyl (C=O) groups excluding carboxylic acids is 3. The van der Waals surface area contributed by atoms with Crippen LogP contribution in [0.4, 0.5) is 0 Å². The summed E-state index contributed by atoms with van der Waals surface area (Å²) in [7, 11) is -11.5. The number of phosphoric acid groups is 2. The molecule has 1 unspecified atom stereocenters. The predicted octanol–water partition coefficient (Wildman–Crippen LogP) is 7.43. The number of hydrogen-bond acceptors (Lipinski definition) is 16. The number of phosphoric ester groups is 2. The SMILES string of the molecule is CCCCC/C=C\C/C=C\CCCCCCCCCCCC(=O)OC[C@@H]1COP(=O)(O)O[C@H]2[C@H](O)[C@@H](O)[C@H](O)[C@@H](C/C=C\CCCC(=O)O1)[C@@H](O)CC(=O)[C@H](/C=C/[C@@H](O)CCCCC)[C@@H](O)[C@H]2OP(=O)(O)O. The second-order valence-corrected chi connectivity index (χ2v) is 21.6. The minimum Gasteiger partial charge on any atom is -0.462 e. The second-order valence-electron chi connectivity index (χ2n) is 19.0. The van der Waals surface area contributed by atoms with Gasteiger partial charge < -0.3 is 54.8 Å². The van der Waals surface area contributed by atoms with Crippen molar-refractivity contribution in [1.29, 1.82) is 0 Å². The molecule has 0 aromatic rings. The van der Waals surface area contributed by atoms with Crippen molar-refractivity contribution in [1.82, 2.24) is 0 Å². The Balaban J connectivity index is 2.17. The number of aliphatic hydroxyl groups excluding tert-OH is 6. The zero-order valence-corrected chi connectivity index (χ0v) is 44.4. The smallest absolute Gasteiger partial charge is 0.462 e. The standard InChI is InChI=1S/C51H88O19P2/c1-3-5-7-8-9-10-11-12-13-14-15-16-17-18-19-20-21-22-27-31-44(55)66-36-39-37-67-72(64,65)70-51-49(60)48(59)46(57)40(30-26-23-24-28-32-45(56)68-39)42(53)35-43(54)41(34-33-38(52)29-25-6-4-2)47(58)50(51)69-71(61,62)63/h9-10,12-13,23,26,33-34,38-42,46-53,57-60H,3-8,11,14-22,24-25,27-32,35-37H2,1-2H3,(H,64,65)(H2,61,62,63)/b10-9-,13-12-,26-23-,34-33+/t38-,39+,40-,41-,42-,46+,47+,48-,49+,50+,51-/m0/s1. The molecule has 12 atom stereocenters. The van der Waals surface area contributed by atoms with E-state index in [0.29, 0.717) is 12.8 Å². The Hall–Kier alpha value is -2.45. The zero-order chi connectivity index (χ0) is 53.4. The number of cyclic esters (lactones) is 1. The fourth-order valence-corrected chi connectivity index (χ4v) is 10.1. The fourth-order valence-electron chi connectivity index (χ4n) is 8.53. The molecule has 1 aliphatic carbocycles. The summed E-state index contributed by atoms with van der Waals surface area (Å²) in [6.45, 7) is 2.53. The number of hydrogen-bond donors (Lipinski definition) is 9. The first-order valence-corrected chi connectivity index (χ1v) is 29.3. The van der Waals surface area contributed by atoms with E-state index in [0.717, 1.165) is 76.4 Å². The first kappa shape index (κ1) is 65.7. The summed E-state index contributed by atoms with van der Waals surface area (Å²) in [5.41, 5.74) is 0. The van der Waals surface area contributed by atoms with Crippen molar-refractivity contribution in [3.8, 4) is 0 Å². The average Bonchev–Trinajstić information content (AvgIpc) is 3.32. The van der Waals surface area contributed by atoms with Crippen LogP contribution in [0.25, 0.3) is 0 Å². The van der Waals surface area contributed by atoms with E-state index in [4.69, 9.17) is 23.0 Å². The van der Waals surface area contributed by atoms with Gasteiger partial charge in [-0.3, -0.25) is 28.0 Å². The molecule has 0 aromatic heterocycles. The van der Waals surface area contributed by atoms with Crippen molar-refractivity contribution in [3.05, 3.63) is 48.6 Å². The number of rotatable bonds is 28. The lowest BCUT2D eigenvalue weighted by Gasteiger charge is -2.38. The molecule has 2 aliphatic rings. The van der Waals surface area contributed by atoms with Crippen LogP contribution in [0.1, 0.15) is 174 Å². The number of fused-ring (bicyclic) bond motifs is 4. The number of aliphatic hydroxyl groups is 6. The van der Waals surface area contributed by atoms with Crippen molar-refractivity contribution in [2.24, 2.45) is 11.8 Å². The largest absolute Gasteiger partial charge is 0.472 e. The molecular formula is C51H88O19P2. The maximum atomic E-state index is 13.9. The van der Waals surface area contributed by atoms with E-state index >= 15 is 0 Å². The van der Waals surface area contributed by atoms with Gasteiger partial charge in [0.15, 0.2) is 6.10 Å². The molecule has 19 nitrogen and oxygen atoms in total. The van der Waals surface area contributed by atoms with Gasteiger partial charge in [0.1, 0.15) is 36.8 Å². The molecule has 2 rings (SSSR count). The lowest BCUT2D eigenvalue weighted by Crippen LogP contribution is -2.56. The Kier molecular flexibility index (Phi) is 34.0. The summed E-state index contributed by atoms with van der Waals surface area (Å²) >= 11 is 0. The maximum Gasteiger partial charge on any atom is 0.472 e. The molecule has 0 radical (unpaired) electrons. The van der Waals surface area contributed by atoms with E-state index in [9.17, 15) is 68.8 Å². The normalized spacial score (nSPS) is 29.8. The molecule has 1 aliphatic heterocycles. The number of carbonyl (C=O) groups is 3. The van der Waals surface area contributed by atoms with Crippen LogP contribution < -0.4 is 0 Å². The highest BCUT2D eigenvalue weighted by atomic mass is 31.2. The average molecular weight is 1070 g/mol. The molecule has 2 bridgehead atoms. The van der Waals surface area contributed by atoms with Gasteiger partial charge in [-0.15, -0.1) is 0 Å². The summed E-state index contributed by atoms with van der Waals surface area (Å²) in [5, 5.41) is 68.0. The summed E-state index contributed by atoms with van der Waals surface area (Å²) < 4.78 is 52.1. The molecule has 0 amide bonds. The van der Waals surface area contributed by atoms with Crippen molar-refractivity contribution in [3.63, 3.8) is 0 Å². The Morgan fingerprint density at radius 2 is 1.43 bits per heavy atom. The van der Waals surface area contributed by atoms with Gasteiger partial charge in [-0.2, -0.15) is 0 Å². The first-order valence-electron chi connectivity index (χ1n) is 26.3. The number of unbranched alkanes of at least 4 members (excludes halogenated alkanes) is 14. The predicted molar refractivity (Wildman–Crippen MR) is 270 cm³/mol. The van der Waals surface area contributed by atoms with E-state index in [2.05, 4.69) is 31.2 Å². The van der Waals surface area contributed by atoms with Gasteiger partial charge in [0, 0.05) is 25.2 Å². The Morgan fingerprint density at radius 1 is 0.819 bits per heavy atom. The highest BCUT2D eigenvalue weighted by Gasteiger charge is 2.51. The minimum absolute atomic E-state index is 0.0447. The van der Waals surface area contributed by atoms with Gasteiger partial charge in [0.2, 0.25) is 0 Å². The number of Topliss-reactive ketones (excluding diaryl/α,β-unsaturated/α-hetero) is 1. The minimum atomic E-state index is -5.80. The van der Waals surface area contributed by atoms with E-state index in [1.165, 1.54) is 44.6 Å². The van der Waals surface area contributed by atoms with Crippen LogP contribution in [0.5, 0.6) is 0 Å². The van der Waals surface area contributed by atoms with Crippen LogP contribution in [0.3, 0.4) is 0 Å². The highest BCUT2D eigenvalue weighted by Crippen LogP contribution is 2.49. The Morgan fingerprint density at radius 3 is 2.07 bits per heavy atom. The lowest BCUT2D eigenvalue weighted by atomic mass is 9.83. The van der Waals surface area contributed by atoms with E-state index in [1.807, 2.05) is 6.92 Å². The first-order chi connectivity index (χ1) is 34.3. The van der Waals surface area contributed by atoms with Crippen LogP contribution >= 0.6 is 15.6 Å². The van der Waals surface area contributed by atoms with Crippen LogP contribution in [-0.4, -0.2) is 131 Å². The molecule has 1 heterocycles. The van der Waals surface area contributed by atoms with Gasteiger partial charge in [-0.25, -0.2) is 9.13 Å². The molecule has 21 heteroatoms. The fraction of sp³-hybridized carbons (Fsp3) is 0.784. The molecular weight excluding hydrogens is 978 g/mol. The summed E-state index contributed by atoms with van der Waals surface area (Å²) in [6.07, 6.45) is 12.3. The number of allylic oxidation sites excluding steroid dienone is 6. The molecule has 0 spiro atoms. The van der Waals surface area contributed by atoms with Crippen LogP contribution in [-0.2, 0) is 46.6 Å². The molecule has 9 N–H and O–H groups in total. The van der Waals surface area contributed by atoms with E-state index in [-0.39, 0.29) is 38.5 Å². The van der Waals surface area contributed by atoms with Crippen molar-refractivity contribution >= 4 is 33.4 Å².